The van der Waals surface area contributed by atoms with E-state index in [9.17, 15) is 14.0 Å². The summed E-state index contributed by atoms with van der Waals surface area (Å²) in [6.45, 7) is 0. The van der Waals surface area contributed by atoms with Crippen molar-refractivity contribution in [3.63, 3.8) is 0 Å². The number of amides is 1. The van der Waals surface area contributed by atoms with Crippen LogP contribution >= 0.6 is 0 Å². The maximum Gasteiger partial charge on any atom is 0.339 e. The predicted molar refractivity (Wildman–Crippen MR) is 97.4 cm³/mol. The van der Waals surface area contributed by atoms with E-state index in [1.807, 2.05) is 0 Å². The summed E-state index contributed by atoms with van der Waals surface area (Å²) in [5.74, 6) is -1.53. The number of methoxy groups -OCH3 is 1. The molecule has 3 aromatic rings. The number of hydrogen-bond acceptors (Lipinski definition) is 6. The second kappa shape index (κ2) is 8.05. The highest BCUT2D eigenvalue weighted by Gasteiger charge is 2.15. The Kier molecular flexibility index (Phi) is 5.36. The van der Waals surface area contributed by atoms with E-state index in [-0.39, 0.29) is 28.6 Å². The molecule has 0 bridgehead atoms. The molecule has 0 unspecified atom stereocenters. The van der Waals surface area contributed by atoms with Crippen LogP contribution in [0.5, 0.6) is 0 Å². The van der Waals surface area contributed by atoms with Crippen molar-refractivity contribution in [2.75, 3.05) is 17.7 Å². The Bertz CT molecular complexity index is 994. The van der Waals surface area contributed by atoms with Gasteiger partial charge in [0.05, 0.1) is 24.0 Å². The van der Waals surface area contributed by atoms with E-state index in [4.69, 9.17) is 4.74 Å². The number of ether oxygens (including phenoxy) is 1. The zero-order valence-electron chi connectivity index (χ0n) is 14.3. The zero-order valence-corrected chi connectivity index (χ0v) is 14.3. The highest BCUT2D eigenvalue weighted by molar-refractivity contribution is 6.07. The van der Waals surface area contributed by atoms with E-state index in [0.717, 1.165) is 0 Å². The molecule has 0 atom stereocenters. The maximum absolute atomic E-state index is 13.7. The highest BCUT2D eigenvalue weighted by atomic mass is 19.1. The van der Waals surface area contributed by atoms with Gasteiger partial charge in [0.1, 0.15) is 11.5 Å². The third kappa shape index (κ3) is 4.24. The zero-order chi connectivity index (χ0) is 19.2. The number of nitrogens with zero attached hydrogens (tertiary/aromatic N) is 2. The Morgan fingerprint density at radius 2 is 1.70 bits per heavy atom. The van der Waals surface area contributed by atoms with Crippen LogP contribution < -0.4 is 10.6 Å². The molecule has 1 amide bonds. The normalized spacial score (nSPS) is 10.1. The number of nitrogens with one attached hydrogen (secondary N) is 2. The van der Waals surface area contributed by atoms with Crippen LogP contribution in [-0.2, 0) is 4.74 Å². The van der Waals surface area contributed by atoms with Gasteiger partial charge in [-0.05, 0) is 30.3 Å². The van der Waals surface area contributed by atoms with Crippen molar-refractivity contribution < 1.29 is 18.7 Å². The van der Waals surface area contributed by atoms with Gasteiger partial charge in [-0.15, -0.1) is 0 Å². The van der Waals surface area contributed by atoms with Gasteiger partial charge in [0.15, 0.2) is 0 Å². The minimum Gasteiger partial charge on any atom is -0.465 e. The monoisotopic (exact) mass is 366 g/mol. The number of carbonyl (C=O) groups is 2. The lowest BCUT2D eigenvalue weighted by atomic mass is 10.1. The molecule has 27 heavy (non-hydrogen) atoms. The fraction of sp³-hybridized carbons (Fsp3) is 0.0526. The van der Waals surface area contributed by atoms with E-state index < -0.39 is 17.7 Å². The van der Waals surface area contributed by atoms with E-state index in [0.29, 0.717) is 0 Å². The summed E-state index contributed by atoms with van der Waals surface area (Å²) in [6.07, 6.45) is 1.37. The molecule has 0 saturated carbocycles. The first-order valence-corrected chi connectivity index (χ1v) is 7.92. The minimum absolute atomic E-state index is 0.0449. The van der Waals surface area contributed by atoms with E-state index in [1.54, 1.807) is 30.3 Å². The number of rotatable bonds is 5. The van der Waals surface area contributed by atoms with Gasteiger partial charge in [0, 0.05) is 6.20 Å². The standard InChI is InChI=1S/C19H15FN4O3/c1-27-18(26)12-6-2-4-8-14(12)22-17(25)16-10-11-21-19(24-16)23-15-9-5-3-7-13(15)20/h2-11H,1H3,(H,22,25)(H,21,23,24). The molecule has 0 aliphatic heterocycles. The molecule has 0 radical (unpaired) electrons. The number of para-hydroxylation sites is 2. The number of esters is 1. The number of aromatic nitrogens is 2. The average molecular weight is 366 g/mol. The van der Waals surface area contributed by atoms with E-state index in [1.165, 1.54) is 37.6 Å². The summed E-state index contributed by atoms with van der Waals surface area (Å²) >= 11 is 0. The molecule has 0 aliphatic carbocycles. The first-order valence-electron chi connectivity index (χ1n) is 7.92. The number of anilines is 3. The minimum atomic E-state index is -0.574. The van der Waals surface area contributed by atoms with Gasteiger partial charge in [-0.2, -0.15) is 0 Å². The van der Waals surface area contributed by atoms with Crippen LogP contribution in [0.25, 0.3) is 0 Å². The highest BCUT2D eigenvalue weighted by Crippen LogP contribution is 2.19. The van der Waals surface area contributed by atoms with Gasteiger partial charge < -0.3 is 15.4 Å². The Labute approximate surface area is 154 Å². The molecule has 136 valence electrons. The van der Waals surface area contributed by atoms with E-state index >= 15 is 0 Å². The van der Waals surface area contributed by atoms with Crippen molar-refractivity contribution in [2.45, 2.75) is 0 Å². The van der Waals surface area contributed by atoms with Crippen LogP contribution in [-0.4, -0.2) is 29.0 Å². The SMILES string of the molecule is COC(=O)c1ccccc1NC(=O)c1ccnc(Nc2ccccc2F)n1. The van der Waals surface area contributed by atoms with Gasteiger partial charge in [0.2, 0.25) is 5.95 Å². The van der Waals surface area contributed by atoms with Gasteiger partial charge >= 0.3 is 5.97 Å². The van der Waals surface area contributed by atoms with Gasteiger partial charge in [0.25, 0.3) is 5.91 Å². The molecule has 0 fully saturated rings. The van der Waals surface area contributed by atoms with Crippen LogP contribution in [0.4, 0.5) is 21.7 Å². The van der Waals surface area contributed by atoms with Crippen molar-refractivity contribution in [3.05, 3.63) is 77.9 Å². The molecule has 0 saturated heterocycles. The van der Waals surface area contributed by atoms with Crippen LogP contribution in [0.1, 0.15) is 20.8 Å². The number of hydrogen-bond donors (Lipinski definition) is 2. The fourth-order valence-corrected chi connectivity index (χ4v) is 2.29. The van der Waals surface area contributed by atoms with Crippen LogP contribution in [0.15, 0.2) is 60.8 Å². The largest absolute Gasteiger partial charge is 0.465 e. The third-order valence-corrected chi connectivity index (χ3v) is 3.59. The lowest BCUT2D eigenvalue weighted by molar-refractivity contribution is 0.0602. The molecule has 8 heteroatoms. The number of carbonyl (C=O) groups excluding carboxylic acids is 2. The van der Waals surface area contributed by atoms with Gasteiger partial charge in [-0.25, -0.2) is 19.2 Å². The summed E-state index contributed by atoms with van der Waals surface area (Å²) in [5.41, 5.74) is 0.735. The van der Waals surface area contributed by atoms with Gasteiger partial charge in [-0.1, -0.05) is 24.3 Å². The molecule has 2 aromatic carbocycles. The Balaban J connectivity index is 1.81. The summed E-state index contributed by atoms with van der Waals surface area (Å²) in [5, 5.41) is 5.33. The van der Waals surface area contributed by atoms with Crippen LogP contribution in [0.2, 0.25) is 0 Å². The molecular formula is C19H15FN4O3. The molecule has 0 aliphatic rings. The molecule has 7 nitrogen and oxygen atoms in total. The molecule has 0 spiro atoms. The Morgan fingerprint density at radius 3 is 2.44 bits per heavy atom. The molecule has 2 N–H and O–H groups in total. The van der Waals surface area contributed by atoms with Crippen LogP contribution in [0.3, 0.4) is 0 Å². The van der Waals surface area contributed by atoms with Crippen molar-refractivity contribution >= 4 is 29.2 Å². The van der Waals surface area contributed by atoms with Crippen LogP contribution in [0, 0.1) is 5.82 Å². The topological polar surface area (TPSA) is 93.2 Å². The number of benzene rings is 2. The van der Waals surface area contributed by atoms with Crippen molar-refractivity contribution in [1.82, 2.24) is 9.97 Å². The summed E-state index contributed by atoms with van der Waals surface area (Å²) < 4.78 is 18.4. The number of halogens is 1. The smallest absolute Gasteiger partial charge is 0.339 e. The Morgan fingerprint density at radius 1 is 1.00 bits per heavy atom. The van der Waals surface area contributed by atoms with E-state index in [2.05, 4.69) is 20.6 Å². The molecule has 3 rings (SSSR count). The average Bonchev–Trinajstić information content (AvgIpc) is 2.70. The first-order chi connectivity index (χ1) is 13.1. The molecule has 1 heterocycles. The quantitative estimate of drug-likeness (QED) is 0.672. The third-order valence-electron chi connectivity index (χ3n) is 3.59. The summed E-state index contributed by atoms with van der Waals surface area (Å²) in [7, 11) is 1.26. The second-order valence-electron chi connectivity index (χ2n) is 5.36. The van der Waals surface area contributed by atoms with Crippen molar-refractivity contribution in [3.8, 4) is 0 Å². The molecule has 1 aromatic heterocycles. The Hall–Kier alpha value is -3.81. The first kappa shape index (κ1) is 18.0. The van der Waals surface area contributed by atoms with Gasteiger partial charge in [-0.3, -0.25) is 4.79 Å². The van der Waals surface area contributed by atoms with Crippen molar-refractivity contribution in [2.24, 2.45) is 0 Å². The lowest BCUT2D eigenvalue weighted by Gasteiger charge is -2.10. The second-order valence-corrected chi connectivity index (χ2v) is 5.36. The fourth-order valence-electron chi connectivity index (χ4n) is 2.29. The maximum atomic E-state index is 13.7. The lowest BCUT2D eigenvalue weighted by Crippen LogP contribution is -2.17. The van der Waals surface area contributed by atoms with Crippen molar-refractivity contribution in [1.29, 1.82) is 0 Å². The predicted octanol–water partition coefficient (Wildman–Crippen LogP) is 3.40. The molecular weight excluding hydrogens is 351 g/mol. The summed E-state index contributed by atoms with van der Waals surface area (Å²) in [6, 6.07) is 13.9. The summed E-state index contributed by atoms with van der Waals surface area (Å²) in [4.78, 5) is 32.4.